The maximum absolute atomic E-state index is 5.58. The van der Waals surface area contributed by atoms with Crippen molar-refractivity contribution in [2.45, 2.75) is 13.8 Å². The van der Waals surface area contributed by atoms with Crippen LogP contribution in [0.25, 0.3) is 16.9 Å². The lowest BCUT2D eigenvalue weighted by molar-refractivity contribution is 0.118. The van der Waals surface area contributed by atoms with Gasteiger partial charge in [0.2, 0.25) is 0 Å². The average molecular weight is 341 g/mol. The molecule has 0 atom stereocenters. The molecular formula is C18H23N5O2. The van der Waals surface area contributed by atoms with Gasteiger partial charge >= 0.3 is 0 Å². The first-order valence-corrected chi connectivity index (χ1v) is 8.34. The minimum absolute atomic E-state index is 0.540. The van der Waals surface area contributed by atoms with E-state index >= 15 is 0 Å². The second kappa shape index (κ2) is 7.94. The number of methoxy groups -OCH3 is 1. The third-order valence-electron chi connectivity index (χ3n) is 3.65. The fourth-order valence-corrected chi connectivity index (χ4v) is 2.48. The van der Waals surface area contributed by atoms with Gasteiger partial charge < -0.3 is 14.8 Å². The van der Waals surface area contributed by atoms with E-state index < -0.39 is 0 Å². The highest BCUT2D eigenvalue weighted by molar-refractivity contribution is 5.69. The van der Waals surface area contributed by atoms with Crippen molar-refractivity contribution in [3.63, 3.8) is 0 Å². The average Bonchev–Trinajstić information content (AvgIpc) is 3.04. The number of hydrogen-bond acceptors (Lipinski definition) is 6. The number of rotatable bonds is 8. The molecule has 0 amide bonds. The number of ether oxygens (including phenoxy) is 2. The number of nitrogens with one attached hydrogen (secondary N) is 1. The van der Waals surface area contributed by atoms with Crippen LogP contribution in [0.2, 0.25) is 0 Å². The molecule has 0 aliphatic rings. The number of fused-ring (bicyclic) bond motifs is 1. The van der Waals surface area contributed by atoms with Crippen LogP contribution < -0.4 is 10.1 Å². The second-order valence-corrected chi connectivity index (χ2v) is 6.10. The molecule has 3 aromatic rings. The molecule has 3 heterocycles. The van der Waals surface area contributed by atoms with Gasteiger partial charge in [0.15, 0.2) is 5.65 Å². The molecule has 25 heavy (non-hydrogen) atoms. The van der Waals surface area contributed by atoms with Gasteiger partial charge in [-0.1, -0.05) is 13.8 Å². The summed E-state index contributed by atoms with van der Waals surface area (Å²) in [6.45, 7) is 6.38. The lowest BCUT2D eigenvalue weighted by atomic mass is 10.2. The van der Waals surface area contributed by atoms with Crippen molar-refractivity contribution in [2.24, 2.45) is 5.92 Å². The van der Waals surface area contributed by atoms with Crippen molar-refractivity contribution in [1.29, 1.82) is 0 Å². The molecule has 0 aliphatic heterocycles. The minimum atomic E-state index is 0.540. The molecule has 132 valence electrons. The van der Waals surface area contributed by atoms with E-state index in [0.29, 0.717) is 24.8 Å². The molecule has 0 fully saturated rings. The molecule has 0 aromatic carbocycles. The van der Waals surface area contributed by atoms with Gasteiger partial charge in [-0.25, -0.2) is 9.50 Å². The zero-order valence-corrected chi connectivity index (χ0v) is 14.8. The van der Waals surface area contributed by atoms with Crippen LogP contribution in [0, 0.1) is 5.92 Å². The molecule has 7 heteroatoms. The van der Waals surface area contributed by atoms with Crippen LogP contribution in [-0.2, 0) is 4.74 Å². The molecule has 3 aromatic heterocycles. The van der Waals surface area contributed by atoms with Crippen LogP contribution in [-0.4, -0.2) is 46.5 Å². The largest absolute Gasteiger partial charge is 0.494 e. The smallest absolute Gasteiger partial charge is 0.154 e. The standard InChI is InChI=1S/C18H23N5O2/c1-13(2)12-25-9-8-20-17-4-5-18-21-10-15(23(18)22-17)14-6-7-19-11-16(14)24-3/h4-7,10-11,13H,8-9,12H2,1-3H3,(H,20,22). The molecule has 0 bridgehead atoms. The Labute approximate surface area is 147 Å². The van der Waals surface area contributed by atoms with Crippen molar-refractivity contribution in [2.75, 3.05) is 32.2 Å². The number of nitrogens with zero attached hydrogens (tertiary/aromatic N) is 4. The van der Waals surface area contributed by atoms with E-state index in [-0.39, 0.29) is 0 Å². The van der Waals surface area contributed by atoms with E-state index in [2.05, 4.69) is 34.2 Å². The predicted molar refractivity (Wildman–Crippen MR) is 96.9 cm³/mol. The Balaban J connectivity index is 1.78. The third-order valence-corrected chi connectivity index (χ3v) is 3.65. The first-order chi connectivity index (χ1) is 12.2. The topological polar surface area (TPSA) is 73.6 Å². The summed E-state index contributed by atoms with van der Waals surface area (Å²) in [5.41, 5.74) is 2.53. The first-order valence-electron chi connectivity index (χ1n) is 8.34. The molecular weight excluding hydrogens is 318 g/mol. The fraction of sp³-hybridized carbons (Fsp3) is 0.389. The van der Waals surface area contributed by atoms with E-state index in [4.69, 9.17) is 9.47 Å². The number of hydrogen-bond donors (Lipinski definition) is 1. The van der Waals surface area contributed by atoms with Crippen LogP contribution in [0.4, 0.5) is 5.82 Å². The number of anilines is 1. The quantitative estimate of drug-likeness (QED) is 0.635. The van der Waals surface area contributed by atoms with Crippen molar-refractivity contribution in [3.05, 3.63) is 36.8 Å². The van der Waals surface area contributed by atoms with Crippen molar-refractivity contribution >= 4 is 11.5 Å². The summed E-state index contributed by atoms with van der Waals surface area (Å²) in [6, 6.07) is 5.74. The number of imidazole rings is 1. The third kappa shape index (κ3) is 4.06. The zero-order chi connectivity index (χ0) is 17.6. The molecule has 0 aliphatic carbocycles. The summed E-state index contributed by atoms with van der Waals surface area (Å²) < 4.78 is 12.8. The number of aromatic nitrogens is 4. The van der Waals surface area contributed by atoms with E-state index in [1.807, 2.05) is 18.2 Å². The van der Waals surface area contributed by atoms with Gasteiger partial charge in [0.05, 0.1) is 31.8 Å². The SMILES string of the molecule is COc1cnccc1-c1cnc2ccc(NCCOCC(C)C)nn12. The van der Waals surface area contributed by atoms with Crippen LogP contribution in [0.1, 0.15) is 13.8 Å². The maximum atomic E-state index is 5.58. The lowest BCUT2D eigenvalue weighted by Gasteiger charge is -2.10. The van der Waals surface area contributed by atoms with E-state index in [1.54, 1.807) is 30.2 Å². The summed E-state index contributed by atoms with van der Waals surface area (Å²) in [7, 11) is 1.63. The molecule has 0 saturated carbocycles. The highest BCUT2D eigenvalue weighted by Gasteiger charge is 2.12. The Morgan fingerprint density at radius 3 is 2.88 bits per heavy atom. The van der Waals surface area contributed by atoms with Gasteiger partial charge in [-0.05, 0) is 24.1 Å². The highest BCUT2D eigenvalue weighted by atomic mass is 16.5. The molecule has 1 N–H and O–H groups in total. The Hall–Kier alpha value is -2.67. The predicted octanol–water partition coefficient (Wildman–Crippen LogP) is 2.88. The van der Waals surface area contributed by atoms with Gasteiger partial charge in [0.25, 0.3) is 0 Å². The summed E-state index contributed by atoms with van der Waals surface area (Å²) in [6.07, 6.45) is 5.20. The maximum Gasteiger partial charge on any atom is 0.154 e. The van der Waals surface area contributed by atoms with E-state index in [0.717, 1.165) is 29.3 Å². The van der Waals surface area contributed by atoms with Crippen molar-refractivity contribution in [3.8, 4) is 17.0 Å². The van der Waals surface area contributed by atoms with Crippen LogP contribution in [0.15, 0.2) is 36.8 Å². The Morgan fingerprint density at radius 1 is 1.20 bits per heavy atom. The second-order valence-electron chi connectivity index (χ2n) is 6.10. The van der Waals surface area contributed by atoms with E-state index in [9.17, 15) is 0 Å². The van der Waals surface area contributed by atoms with Gasteiger partial charge in [-0.15, -0.1) is 5.10 Å². The normalized spacial score (nSPS) is 11.2. The molecule has 3 rings (SSSR count). The van der Waals surface area contributed by atoms with E-state index in [1.165, 1.54) is 0 Å². The first kappa shape index (κ1) is 17.2. The van der Waals surface area contributed by atoms with Gasteiger partial charge in [-0.3, -0.25) is 4.98 Å². The summed E-state index contributed by atoms with van der Waals surface area (Å²) >= 11 is 0. The molecule has 0 saturated heterocycles. The van der Waals surface area contributed by atoms with Gasteiger partial charge in [-0.2, -0.15) is 0 Å². The lowest BCUT2D eigenvalue weighted by Crippen LogP contribution is -2.13. The molecule has 0 spiro atoms. The van der Waals surface area contributed by atoms with Crippen LogP contribution in [0.3, 0.4) is 0 Å². The Morgan fingerprint density at radius 2 is 2.08 bits per heavy atom. The zero-order valence-electron chi connectivity index (χ0n) is 14.8. The Bertz CT molecular complexity index is 831. The van der Waals surface area contributed by atoms with Crippen LogP contribution in [0.5, 0.6) is 5.75 Å². The van der Waals surface area contributed by atoms with Crippen molar-refractivity contribution < 1.29 is 9.47 Å². The minimum Gasteiger partial charge on any atom is -0.494 e. The number of pyridine rings is 1. The van der Waals surface area contributed by atoms with Crippen molar-refractivity contribution in [1.82, 2.24) is 19.6 Å². The van der Waals surface area contributed by atoms with Gasteiger partial charge in [0.1, 0.15) is 11.6 Å². The van der Waals surface area contributed by atoms with Gasteiger partial charge in [0, 0.05) is 24.9 Å². The Kier molecular flexibility index (Phi) is 5.45. The molecule has 7 nitrogen and oxygen atoms in total. The monoisotopic (exact) mass is 341 g/mol. The molecule has 0 radical (unpaired) electrons. The summed E-state index contributed by atoms with van der Waals surface area (Å²) in [4.78, 5) is 8.51. The summed E-state index contributed by atoms with van der Waals surface area (Å²) in [5.74, 6) is 2.00. The summed E-state index contributed by atoms with van der Waals surface area (Å²) in [5, 5.41) is 7.91. The fourth-order valence-electron chi connectivity index (χ4n) is 2.48. The highest BCUT2D eigenvalue weighted by Crippen LogP contribution is 2.28. The van der Waals surface area contributed by atoms with Crippen LogP contribution >= 0.6 is 0 Å². The molecule has 0 unspecified atom stereocenters.